The summed E-state index contributed by atoms with van der Waals surface area (Å²) < 4.78 is 33.3. The highest BCUT2D eigenvalue weighted by Gasteiger charge is 2.29. The summed E-state index contributed by atoms with van der Waals surface area (Å²) in [5.41, 5.74) is 3.63. The summed E-state index contributed by atoms with van der Waals surface area (Å²) in [7, 11) is -2.17. The third kappa shape index (κ3) is 3.77. The maximum Gasteiger partial charge on any atom is 0.256 e. The number of sulfonamides is 1. The first-order valence-corrected chi connectivity index (χ1v) is 11.9. The molecule has 2 aromatic carbocycles. The van der Waals surface area contributed by atoms with Gasteiger partial charge >= 0.3 is 0 Å². The molecule has 2 aliphatic carbocycles. The summed E-state index contributed by atoms with van der Waals surface area (Å²) in [5.74, 6) is 0.105. The number of aryl methyl sites for hydroxylation is 1. The molecule has 3 aromatic rings. The molecule has 0 unspecified atom stereocenters. The lowest BCUT2D eigenvalue weighted by Gasteiger charge is -2.15. The Morgan fingerprint density at radius 2 is 1.94 bits per heavy atom. The molecule has 7 nitrogen and oxygen atoms in total. The Morgan fingerprint density at radius 3 is 2.71 bits per heavy atom. The van der Waals surface area contributed by atoms with Crippen molar-refractivity contribution in [3.63, 3.8) is 0 Å². The van der Waals surface area contributed by atoms with Crippen molar-refractivity contribution < 1.29 is 17.9 Å². The number of hydrogen-bond donors (Lipinski definition) is 2. The number of pyridine rings is 1. The van der Waals surface area contributed by atoms with Gasteiger partial charge in [0, 0.05) is 17.1 Å². The number of anilines is 1. The summed E-state index contributed by atoms with van der Waals surface area (Å²) in [4.78, 5) is 18.3. The van der Waals surface area contributed by atoms with E-state index < -0.39 is 10.0 Å². The van der Waals surface area contributed by atoms with E-state index in [1.54, 1.807) is 6.07 Å². The molecule has 1 amide bonds. The normalized spacial score (nSPS) is 15.6. The molecule has 0 aliphatic heterocycles. The molecule has 0 spiro atoms. The van der Waals surface area contributed by atoms with Crippen molar-refractivity contribution in [1.29, 1.82) is 0 Å². The van der Waals surface area contributed by atoms with Crippen molar-refractivity contribution in [2.75, 3.05) is 12.4 Å². The van der Waals surface area contributed by atoms with Crippen LogP contribution in [-0.4, -0.2) is 32.5 Å². The molecular formula is C23H23N3O4S. The van der Waals surface area contributed by atoms with Crippen LogP contribution < -0.4 is 14.8 Å². The van der Waals surface area contributed by atoms with Gasteiger partial charge in [-0.05, 0) is 61.9 Å². The van der Waals surface area contributed by atoms with Crippen molar-refractivity contribution in [1.82, 2.24) is 9.71 Å². The highest BCUT2D eigenvalue weighted by atomic mass is 32.2. The van der Waals surface area contributed by atoms with Gasteiger partial charge in [0.25, 0.3) is 5.91 Å². The van der Waals surface area contributed by atoms with E-state index in [4.69, 9.17) is 9.72 Å². The lowest BCUT2D eigenvalue weighted by molar-refractivity contribution is 0.102. The van der Waals surface area contributed by atoms with Crippen LogP contribution in [0.15, 0.2) is 47.4 Å². The minimum Gasteiger partial charge on any atom is -0.495 e. The molecule has 160 valence electrons. The van der Waals surface area contributed by atoms with Crippen LogP contribution in [-0.2, 0) is 22.9 Å². The molecular weight excluding hydrogens is 414 g/mol. The number of amides is 1. The minimum absolute atomic E-state index is 0.00378. The first-order valence-electron chi connectivity index (χ1n) is 10.4. The van der Waals surface area contributed by atoms with Gasteiger partial charge in [-0.2, -0.15) is 0 Å². The van der Waals surface area contributed by atoms with Crippen molar-refractivity contribution in [3.05, 3.63) is 59.3 Å². The van der Waals surface area contributed by atoms with Gasteiger partial charge < -0.3 is 10.1 Å². The van der Waals surface area contributed by atoms with Crippen molar-refractivity contribution in [2.45, 2.75) is 43.0 Å². The van der Waals surface area contributed by atoms with Gasteiger partial charge in [0.2, 0.25) is 10.0 Å². The molecule has 8 heteroatoms. The fourth-order valence-corrected chi connectivity index (χ4v) is 5.43. The Hall–Kier alpha value is -2.97. The number of rotatable bonds is 6. The van der Waals surface area contributed by atoms with Gasteiger partial charge in [-0.3, -0.25) is 9.78 Å². The third-order valence-corrected chi connectivity index (χ3v) is 7.29. The molecule has 5 rings (SSSR count). The third-order valence-electron chi connectivity index (χ3n) is 5.77. The summed E-state index contributed by atoms with van der Waals surface area (Å²) in [5, 5.41) is 3.69. The van der Waals surface area contributed by atoms with Crippen LogP contribution in [0.4, 0.5) is 5.69 Å². The van der Waals surface area contributed by atoms with Gasteiger partial charge in [0.15, 0.2) is 0 Å². The highest BCUT2D eigenvalue weighted by molar-refractivity contribution is 7.89. The van der Waals surface area contributed by atoms with E-state index in [1.807, 2.05) is 24.3 Å². The van der Waals surface area contributed by atoms with Gasteiger partial charge in [-0.1, -0.05) is 18.2 Å². The molecule has 1 heterocycles. The molecule has 0 saturated heterocycles. The minimum atomic E-state index is -3.66. The summed E-state index contributed by atoms with van der Waals surface area (Å²) in [6.45, 7) is 0. The number of methoxy groups -OCH3 is 1. The van der Waals surface area contributed by atoms with Crippen LogP contribution in [0.25, 0.3) is 10.9 Å². The Morgan fingerprint density at radius 1 is 1.13 bits per heavy atom. The second kappa shape index (κ2) is 7.62. The smallest absolute Gasteiger partial charge is 0.256 e. The number of carbonyl (C=O) groups is 1. The average Bonchev–Trinajstić information content (AvgIpc) is 3.44. The van der Waals surface area contributed by atoms with Gasteiger partial charge in [0.1, 0.15) is 5.75 Å². The number of aromatic nitrogens is 1. The maximum atomic E-state index is 13.4. The first kappa shape index (κ1) is 20.0. The standard InChI is InChI=1S/C23H23N3O4S/c1-30-21-12-11-15(31(28,29)26-14-9-10-14)13-20(21)25-23(27)22-16-5-2-3-7-18(16)24-19-8-4-6-17(19)22/h2-3,5,7,11-14,26H,4,6,8-10H2,1H3,(H,25,27). The Bertz CT molecular complexity index is 1300. The summed E-state index contributed by atoms with van der Waals surface area (Å²) in [6.07, 6.45) is 4.30. The van der Waals surface area contributed by atoms with Crippen LogP contribution in [0.5, 0.6) is 5.75 Å². The van der Waals surface area contributed by atoms with E-state index in [0.29, 0.717) is 17.0 Å². The predicted octanol–water partition coefficient (Wildman–Crippen LogP) is 3.43. The van der Waals surface area contributed by atoms with Crippen LogP contribution in [0.3, 0.4) is 0 Å². The number of nitrogens with zero attached hydrogens (tertiary/aromatic N) is 1. The number of hydrogen-bond acceptors (Lipinski definition) is 5. The summed E-state index contributed by atoms with van der Waals surface area (Å²) in [6, 6.07) is 12.1. The maximum absolute atomic E-state index is 13.4. The number of para-hydroxylation sites is 1. The molecule has 0 radical (unpaired) electrons. The van der Waals surface area contributed by atoms with E-state index in [0.717, 1.165) is 54.3 Å². The van der Waals surface area contributed by atoms with Crippen LogP contribution in [0.1, 0.15) is 40.9 Å². The quantitative estimate of drug-likeness (QED) is 0.616. The molecule has 31 heavy (non-hydrogen) atoms. The molecule has 1 saturated carbocycles. The van der Waals surface area contributed by atoms with E-state index in [-0.39, 0.29) is 16.8 Å². The topological polar surface area (TPSA) is 97.4 Å². The zero-order valence-electron chi connectivity index (χ0n) is 17.1. The zero-order chi connectivity index (χ0) is 21.6. The number of fused-ring (bicyclic) bond motifs is 2. The number of benzene rings is 2. The molecule has 0 atom stereocenters. The lowest BCUT2D eigenvalue weighted by Crippen LogP contribution is -2.26. The van der Waals surface area contributed by atoms with Crippen molar-refractivity contribution >= 4 is 32.5 Å². The Balaban J connectivity index is 1.55. The fraction of sp³-hybridized carbons (Fsp3) is 0.304. The largest absolute Gasteiger partial charge is 0.495 e. The van der Waals surface area contributed by atoms with Crippen LogP contribution >= 0.6 is 0 Å². The predicted molar refractivity (Wildman–Crippen MR) is 118 cm³/mol. The van der Waals surface area contributed by atoms with Crippen LogP contribution in [0, 0.1) is 0 Å². The molecule has 1 fully saturated rings. The SMILES string of the molecule is COc1ccc(S(=O)(=O)NC2CC2)cc1NC(=O)c1c2c(nc3ccccc13)CCC2. The number of carbonyl (C=O) groups excluding carboxylic acids is 1. The molecule has 0 bridgehead atoms. The number of ether oxygens (including phenoxy) is 1. The number of nitrogens with one attached hydrogen (secondary N) is 2. The van der Waals surface area contributed by atoms with E-state index in [1.165, 1.54) is 19.2 Å². The van der Waals surface area contributed by atoms with Gasteiger partial charge in [0.05, 0.1) is 28.8 Å². The van der Waals surface area contributed by atoms with E-state index in [9.17, 15) is 13.2 Å². The second-order valence-corrected chi connectivity index (χ2v) is 9.71. The van der Waals surface area contributed by atoms with E-state index >= 15 is 0 Å². The Kier molecular flexibility index (Phi) is 4.91. The molecule has 1 aromatic heterocycles. The van der Waals surface area contributed by atoms with Gasteiger partial charge in [-0.25, -0.2) is 13.1 Å². The van der Waals surface area contributed by atoms with Crippen molar-refractivity contribution in [3.8, 4) is 5.75 Å². The monoisotopic (exact) mass is 437 g/mol. The molecule has 2 N–H and O–H groups in total. The summed E-state index contributed by atoms with van der Waals surface area (Å²) >= 11 is 0. The lowest BCUT2D eigenvalue weighted by atomic mass is 10.0. The van der Waals surface area contributed by atoms with Crippen LogP contribution in [0.2, 0.25) is 0 Å². The second-order valence-electron chi connectivity index (χ2n) is 7.99. The first-order chi connectivity index (χ1) is 15.0. The zero-order valence-corrected chi connectivity index (χ0v) is 18.0. The fourth-order valence-electron chi connectivity index (χ4n) is 4.10. The molecule has 2 aliphatic rings. The van der Waals surface area contributed by atoms with E-state index in [2.05, 4.69) is 10.0 Å². The van der Waals surface area contributed by atoms with Gasteiger partial charge in [-0.15, -0.1) is 0 Å². The van der Waals surface area contributed by atoms with Crippen molar-refractivity contribution in [2.24, 2.45) is 0 Å². The Labute approximate surface area is 180 Å². The highest BCUT2D eigenvalue weighted by Crippen LogP contribution is 2.33. The average molecular weight is 438 g/mol.